The van der Waals surface area contributed by atoms with E-state index in [2.05, 4.69) is 5.32 Å². The molecule has 3 fully saturated rings. The van der Waals surface area contributed by atoms with Crippen molar-refractivity contribution in [3.63, 3.8) is 0 Å². The predicted octanol–water partition coefficient (Wildman–Crippen LogP) is 2.88. The first-order chi connectivity index (χ1) is 15.5. The summed E-state index contributed by atoms with van der Waals surface area (Å²) in [7, 11) is 0. The molecule has 4 atom stereocenters. The highest BCUT2D eigenvalue weighted by Gasteiger charge is 2.40. The van der Waals surface area contributed by atoms with E-state index < -0.39 is 6.10 Å². The number of urea groups is 1. The lowest BCUT2D eigenvalue weighted by molar-refractivity contribution is -0.154. The first kappa shape index (κ1) is 23.3. The number of carbonyl (C=O) groups is 2. The number of benzene rings is 1. The van der Waals surface area contributed by atoms with Crippen molar-refractivity contribution in [3.8, 4) is 0 Å². The van der Waals surface area contributed by atoms with Crippen LogP contribution in [0.2, 0.25) is 5.02 Å². The molecule has 0 spiro atoms. The van der Waals surface area contributed by atoms with Crippen LogP contribution in [0.5, 0.6) is 0 Å². The number of fused-ring (bicyclic) bond motifs is 1. The van der Waals surface area contributed by atoms with Gasteiger partial charge in [-0.05, 0) is 56.4 Å². The van der Waals surface area contributed by atoms with Crippen LogP contribution in [0.25, 0.3) is 0 Å². The molecule has 0 aliphatic carbocycles. The third-order valence-electron chi connectivity index (χ3n) is 6.45. The summed E-state index contributed by atoms with van der Waals surface area (Å²) in [4.78, 5) is 29.4. The number of aliphatic hydroxyl groups excluding tert-OH is 1. The number of aliphatic hydroxyl groups is 1. The smallest absolute Gasteiger partial charge is 0.322 e. The normalized spacial score (nSPS) is 28.9. The minimum Gasteiger partial charge on any atom is -0.389 e. The molecule has 0 unspecified atom stereocenters. The summed E-state index contributed by atoms with van der Waals surface area (Å²) in [5.74, 6) is 0.146. The lowest BCUT2D eigenvalue weighted by Gasteiger charge is -2.44. The maximum atomic E-state index is 13.1. The fraction of sp³-hybridized carbons (Fsp3) is 0.652. The Morgan fingerprint density at radius 1 is 1.09 bits per heavy atom. The fourth-order valence-electron chi connectivity index (χ4n) is 4.77. The highest BCUT2D eigenvalue weighted by molar-refractivity contribution is 6.30. The van der Waals surface area contributed by atoms with Gasteiger partial charge in [0.15, 0.2) is 0 Å². The topological polar surface area (TPSA) is 91.3 Å². The Morgan fingerprint density at radius 2 is 1.84 bits per heavy atom. The molecule has 1 aromatic carbocycles. The number of likely N-dealkylation sites (tertiary alicyclic amines) is 1. The maximum absolute atomic E-state index is 13.1. The van der Waals surface area contributed by atoms with Gasteiger partial charge in [0.2, 0.25) is 5.91 Å². The molecule has 3 aliphatic heterocycles. The molecule has 0 radical (unpaired) electrons. The van der Waals surface area contributed by atoms with Crippen molar-refractivity contribution in [2.45, 2.75) is 62.9 Å². The van der Waals surface area contributed by atoms with Crippen molar-refractivity contribution >= 4 is 29.2 Å². The lowest BCUT2D eigenvalue weighted by atomic mass is 9.94. The summed E-state index contributed by atoms with van der Waals surface area (Å²) in [5, 5.41) is 13.8. The van der Waals surface area contributed by atoms with Gasteiger partial charge in [0.25, 0.3) is 0 Å². The Bertz CT molecular complexity index is 786. The van der Waals surface area contributed by atoms with Crippen molar-refractivity contribution < 1.29 is 24.2 Å². The second-order valence-corrected chi connectivity index (χ2v) is 9.30. The van der Waals surface area contributed by atoms with Crippen LogP contribution in [0, 0.1) is 0 Å². The Morgan fingerprint density at radius 3 is 2.59 bits per heavy atom. The van der Waals surface area contributed by atoms with E-state index in [4.69, 9.17) is 21.1 Å². The summed E-state index contributed by atoms with van der Waals surface area (Å²) in [6.45, 7) is 2.23. The van der Waals surface area contributed by atoms with Crippen LogP contribution in [0.15, 0.2) is 24.3 Å². The summed E-state index contributed by atoms with van der Waals surface area (Å²) < 4.78 is 11.9. The van der Waals surface area contributed by atoms with Crippen LogP contribution in [0.4, 0.5) is 10.5 Å². The molecule has 3 heterocycles. The Balaban J connectivity index is 1.40. The Kier molecular flexibility index (Phi) is 7.88. The highest BCUT2D eigenvalue weighted by Crippen LogP contribution is 2.29. The average Bonchev–Trinajstić information content (AvgIpc) is 2.79. The van der Waals surface area contributed by atoms with Gasteiger partial charge in [-0.1, -0.05) is 11.6 Å². The molecule has 2 N–H and O–H groups in total. The zero-order valence-corrected chi connectivity index (χ0v) is 19.0. The molecule has 3 amide bonds. The molecule has 176 valence electrons. The van der Waals surface area contributed by atoms with Crippen LogP contribution in [-0.4, -0.2) is 84.0 Å². The third-order valence-corrected chi connectivity index (χ3v) is 6.70. The van der Waals surface area contributed by atoms with E-state index in [1.165, 1.54) is 6.42 Å². The number of hydrogen-bond acceptors (Lipinski definition) is 5. The molecule has 4 rings (SSSR count). The number of amides is 3. The van der Waals surface area contributed by atoms with E-state index in [0.29, 0.717) is 30.0 Å². The zero-order valence-electron chi connectivity index (χ0n) is 18.2. The van der Waals surface area contributed by atoms with Crippen molar-refractivity contribution in [2.24, 2.45) is 0 Å². The molecule has 9 heteroatoms. The number of rotatable bonds is 3. The molecular formula is C23H32ClN3O5. The molecule has 0 bridgehead atoms. The number of β-amino-alcohol motifs (C(OH)–C–C–N with tert-alkyl or cyclic N) is 1. The van der Waals surface area contributed by atoms with Crippen LogP contribution in [-0.2, 0) is 14.3 Å². The summed E-state index contributed by atoms with van der Waals surface area (Å²) in [6.07, 6.45) is 3.75. The van der Waals surface area contributed by atoms with Gasteiger partial charge in [-0.3, -0.25) is 4.79 Å². The number of hydrogen-bond donors (Lipinski definition) is 2. The Labute approximate surface area is 193 Å². The zero-order chi connectivity index (χ0) is 22.5. The summed E-state index contributed by atoms with van der Waals surface area (Å²) >= 11 is 5.93. The quantitative estimate of drug-likeness (QED) is 0.716. The van der Waals surface area contributed by atoms with Gasteiger partial charge in [0.1, 0.15) is 6.10 Å². The third kappa shape index (κ3) is 5.92. The summed E-state index contributed by atoms with van der Waals surface area (Å²) in [6, 6.07) is 6.36. The Hall–Kier alpha value is -1.87. The minimum absolute atomic E-state index is 0.134. The minimum atomic E-state index is -0.773. The second kappa shape index (κ2) is 10.8. The van der Waals surface area contributed by atoms with Crippen LogP contribution in [0.1, 0.15) is 38.5 Å². The van der Waals surface area contributed by atoms with Crippen molar-refractivity contribution in [3.05, 3.63) is 29.3 Å². The van der Waals surface area contributed by atoms with E-state index in [0.717, 1.165) is 25.9 Å². The van der Waals surface area contributed by atoms with Crippen molar-refractivity contribution in [1.82, 2.24) is 9.80 Å². The number of ether oxygens (including phenoxy) is 2. The van der Waals surface area contributed by atoms with Gasteiger partial charge in [-0.2, -0.15) is 0 Å². The van der Waals surface area contributed by atoms with Crippen LogP contribution < -0.4 is 5.32 Å². The van der Waals surface area contributed by atoms with E-state index >= 15 is 0 Å². The predicted molar refractivity (Wildman–Crippen MR) is 121 cm³/mol. The molecule has 8 nitrogen and oxygen atoms in total. The molecular weight excluding hydrogens is 434 g/mol. The van der Waals surface area contributed by atoms with E-state index in [-0.39, 0.29) is 49.9 Å². The molecule has 3 saturated heterocycles. The van der Waals surface area contributed by atoms with E-state index in [9.17, 15) is 14.7 Å². The molecule has 0 aromatic heterocycles. The van der Waals surface area contributed by atoms with Crippen LogP contribution >= 0.6 is 11.6 Å². The lowest BCUT2D eigenvalue weighted by Crippen LogP contribution is -2.58. The molecule has 3 aliphatic rings. The number of anilines is 1. The first-order valence-electron chi connectivity index (χ1n) is 11.5. The van der Waals surface area contributed by atoms with Gasteiger partial charge in [0, 0.05) is 23.8 Å². The standard InChI is InChI=1S/C23H32ClN3O5/c24-16-4-6-17(7-5-16)25-23(30)27-13-18(28)14-31-15-21-20(27)9-8-19(32-21)12-22(29)26-10-2-1-3-11-26/h4-7,18-21,28H,1-3,8-15H2,(H,25,30)/t18-,19-,20+,21-/m1/s1. The SMILES string of the molecule is O=C(C[C@H]1CC[C@H]2[C@@H](COC[C@H](O)CN2C(=O)Nc2ccc(Cl)cc2)O1)N1CCCCC1. The van der Waals surface area contributed by atoms with Crippen molar-refractivity contribution in [2.75, 3.05) is 38.2 Å². The number of piperidine rings is 1. The molecule has 0 saturated carbocycles. The second-order valence-electron chi connectivity index (χ2n) is 8.87. The first-order valence-corrected chi connectivity index (χ1v) is 11.9. The number of nitrogens with one attached hydrogen (secondary N) is 1. The van der Waals surface area contributed by atoms with Gasteiger partial charge in [-0.25, -0.2) is 4.79 Å². The largest absolute Gasteiger partial charge is 0.389 e. The number of nitrogens with zero attached hydrogens (tertiary/aromatic N) is 2. The van der Waals surface area contributed by atoms with Crippen LogP contribution in [0.3, 0.4) is 0 Å². The van der Waals surface area contributed by atoms with Gasteiger partial charge < -0.3 is 29.7 Å². The number of carbonyl (C=O) groups excluding carboxylic acids is 2. The molecule has 1 aromatic rings. The average molecular weight is 466 g/mol. The fourth-order valence-corrected chi connectivity index (χ4v) is 4.90. The van der Waals surface area contributed by atoms with Gasteiger partial charge in [0.05, 0.1) is 44.4 Å². The maximum Gasteiger partial charge on any atom is 0.322 e. The van der Waals surface area contributed by atoms with E-state index in [1.54, 1.807) is 29.2 Å². The highest BCUT2D eigenvalue weighted by atomic mass is 35.5. The summed E-state index contributed by atoms with van der Waals surface area (Å²) in [5.41, 5.74) is 0.630. The molecule has 32 heavy (non-hydrogen) atoms. The van der Waals surface area contributed by atoms with Gasteiger partial charge >= 0.3 is 6.03 Å². The van der Waals surface area contributed by atoms with Gasteiger partial charge in [-0.15, -0.1) is 0 Å². The van der Waals surface area contributed by atoms with E-state index in [1.807, 2.05) is 4.90 Å². The number of halogens is 1. The monoisotopic (exact) mass is 465 g/mol. The van der Waals surface area contributed by atoms with Crippen molar-refractivity contribution in [1.29, 1.82) is 0 Å².